The molecule has 2 heterocycles. The van der Waals surface area contributed by atoms with E-state index >= 15 is 0 Å². The Bertz CT molecular complexity index is 417. The van der Waals surface area contributed by atoms with Crippen LogP contribution in [0.15, 0.2) is 6.07 Å². The summed E-state index contributed by atoms with van der Waals surface area (Å²) in [5.41, 5.74) is 5.59. The van der Waals surface area contributed by atoms with Crippen molar-refractivity contribution in [2.75, 3.05) is 43.9 Å². The van der Waals surface area contributed by atoms with Crippen LogP contribution in [-0.2, 0) is 4.74 Å². The highest BCUT2D eigenvalue weighted by molar-refractivity contribution is 6.29. The maximum atomic E-state index is 5.88. The Morgan fingerprint density at radius 3 is 2.70 bits per heavy atom. The Labute approximate surface area is 124 Å². The molecule has 0 saturated carbocycles. The molecule has 0 aliphatic carbocycles. The number of halogens is 1. The number of nitrogens with one attached hydrogen (secondary N) is 1. The molecule has 0 radical (unpaired) electrons. The third kappa shape index (κ3) is 4.19. The van der Waals surface area contributed by atoms with Gasteiger partial charge in [-0.1, -0.05) is 25.4 Å². The lowest BCUT2D eigenvalue weighted by molar-refractivity contribution is 0.00953. The highest BCUT2D eigenvalue weighted by Crippen LogP contribution is 2.16. The van der Waals surface area contributed by atoms with Crippen LogP contribution in [0.1, 0.15) is 13.8 Å². The Kier molecular flexibility index (Phi) is 5.39. The van der Waals surface area contributed by atoms with Crippen LogP contribution in [0.25, 0.3) is 0 Å². The van der Waals surface area contributed by atoms with Crippen LogP contribution in [0.5, 0.6) is 0 Å². The number of aromatic nitrogens is 2. The average Bonchev–Trinajstić information content (AvgIpc) is 2.38. The molecule has 6 nitrogen and oxygen atoms in total. The molecule has 0 spiro atoms. The monoisotopic (exact) mass is 299 g/mol. The van der Waals surface area contributed by atoms with E-state index in [2.05, 4.69) is 34.0 Å². The first kappa shape index (κ1) is 15.3. The van der Waals surface area contributed by atoms with Crippen LogP contribution in [0.2, 0.25) is 5.15 Å². The number of anilines is 2. The number of rotatable bonds is 5. The lowest BCUT2D eigenvalue weighted by Gasteiger charge is -2.37. The predicted octanol–water partition coefficient (Wildman–Crippen LogP) is 1.48. The van der Waals surface area contributed by atoms with Crippen LogP contribution >= 0.6 is 11.6 Å². The predicted molar refractivity (Wildman–Crippen MR) is 81.0 cm³/mol. The molecule has 1 aliphatic rings. The van der Waals surface area contributed by atoms with Gasteiger partial charge in [-0.3, -0.25) is 4.90 Å². The molecule has 20 heavy (non-hydrogen) atoms. The molecule has 3 N–H and O–H groups in total. The second kappa shape index (κ2) is 7.06. The quantitative estimate of drug-likeness (QED) is 0.802. The summed E-state index contributed by atoms with van der Waals surface area (Å²) in [5.74, 6) is 1.39. The fourth-order valence-electron chi connectivity index (χ4n) is 2.43. The second-order valence-corrected chi connectivity index (χ2v) is 5.66. The minimum atomic E-state index is 0.187. The summed E-state index contributed by atoms with van der Waals surface area (Å²) >= 11 is 5.88. The third-order valence-electron chi connectivity index (χ3n) is 3.49. The first-order valence-corrected chi connectivity index (χ1v) is 7.30. The maximum Gasteiger partial charge on any atom is 0.223 e. The summed E-state index contributed by atoms with van der Waals surface area (Å²) in [4.78, 5) is 10.4. The maximum absolute atomic E-state index is 5.88. The fourth-order valence-corrected chi connectivity index (χ4v) is 2.62. The van der Waals surface area contributed by atoms with Gasteiger partial charge in [0, 0.05) is 31.7 Å². The molecular formula is C13H22ClN5O. The van der Waals surface area contributed by atoms with Gasteiger partial charge >= 0.3 is 0 Å². The van der Waals surface area contributed by atoms with Gasteiger partial charge in [0.25, 0.3) is 0 Å². The molecule has 0 bridgehead atoms. The molecule has 2 rings (SSSR count). The van der Waals surface area contributed by atoms with E-state index in [4.69, 9.17) is 22.1 Å². The van der Waals surface area contributed by atoms with Crippen LogP contribution in [0.4, 0.5) is 11.8 Å². The Morgan fingerprint density at radius 1 is 1.40 bits per heavy atom. The van der Waals surface area contributed by atoms with Gasteiger partial charge in [-0.05, 0) is 5.92 Å². The van der Waals surface area contributed by atoms with E-state index in [1.54, 1.807) is 6.07 Å². The average molecular weight is 300 g/mol. The van der Waals surface area contributed by atoms with E-state index in [0.29, 0.717) is 22.9 Å². The van der Waals surface area contributed by atoms with Crippen molar-refractivity contribution in [1.29, 1.82) is 0 Å². The van der Waals surface area contributed by atoms with Crippen LogP contribution in [-0.4, -0.2) is 53.8 Å². The van der Waals surface area contributed by atoms with E-state index in [1.165, 1.54) is 0 Å². The summed E-state index contributed by atoms with van der Waals surface area (Å²) in [6, 6.07) is 2.11. The molecule has 0 amide bonds. The third-order valence-corrected chi connectivity index (χ3v) is 3.68. The first-order valence-electron chi connectivity index (χ1n) is 6.92. The minimum Gasteiger partial charge on any atom is -0.379 e. The van der Waals surface area contributed by atoms with Gasteiger partial charge < -0.3 is 15.8 Å². The van der Waals surface area contributed by atoms with E-state index in [0.717, 1.165) is 32.8 Å². The molecule has 1 saturated heterocycles. The van der Waals surface area contributed by atoms with Crippen molar-refractivity contribution in [1.82, 2.24) is 14.9 Å². The summed E-state index contributed by atoms with van der Waals surface area (Å²) < 4.78 is 5.41. The Balaban J connectivity index is 1.97. The van der Waals surface area contributed by atoms with Crippen molar-refractivity contribution in [2.45, 2.75) is 19.9 Å². The van der Waals surface area contributed by atoms with Gasteiger partial charge in [-0.15, -0.1) is 0 Å². The number of nitrogens with two attached hydrogens (primary N) is 1. The van der Waals surface area contributed by atoms with Crippen LogP contribution in [0.3, 0.4) is 0 Å². The molecule has 0 aromatic carbocycles. The van der Waals surface area contributed by atoms with E-state index in [1.807, 2.05) is 0 Å². The molecule has 1 aromatic rings. The van der Waals surface area contributed by atoms with Gasteiger partial charge in [0.1, 0.15) is 11.0 Å². The van der Waals surface area contributed by atoms with Gasteiger partial charge in [0.2, 0.25) is 5.95 Å². The molecule has 1 fully saturated rings. The molecular weight excluding hydrogens is 278 g/mol. The van der Waals surface area contributed by atoms with Crippen molar-refractivity contribution >= 4 is 23.4 Å². The molecule has 7 heteroatoms. The van der Waals surface area contributed by atoms with Gasteiger partial charge in [0.05, 0.1) is 13.2 Å². The smallest absolute Gasteiger partial charge is 0.223 e. The first-order chi connectivity index (χ1) is 9.56. The summed E-state index contributed by atoms with van der Waals surface area (Å²) in [6.07, 6.45) is 0. The van der Waals surface area contributed by atoms with Gasteiger partial charge in [-0.2, -0.15) is 4.98 Å². The summed E-state index contributed by atoms with van der Waals surface area (Å²) in [5, 5.41) is 3.66. The zero-order chi connectivity index (χ0) is 14.5. The van der Waals surface area contributed by atoms with E-state index in [-0.39, 0.29) is 5.95 Å². The zero-order valence-electron chi connectivity index (χ0n) is 12.0. The van der Waals surface area contributed by atoms with Gasteiger partial charge in [0.15, 0.2) is 0 Å². The lowest BCUT2D eigenvalue weighted by atomic mass is 10.0. The van der Waals surface area contributed by atoms with Crippen molar-refractivity contribution in [2.24, 2.45) is 5.92 Å². The highest BCUT2D eigenvalue weighted by atomic mass is 35.5. The molecule has 1 atom stereocenters. The molecule has 1 aromatic heterocycles. The van der Waals surface area contributed by atoms with Crippen molar-refractivity contribution < 1.29 is 4.74 Å². The fraction of sp³-hybridized carbons (Fsp3) is 0.692. The normalized spacial score (nSPS) is 18.2. The number of nitrogens with zero attached hydrogens (tertiary/aromatic N) is 3. The van der Waals surface area contributed by atoms with Crippen LogP contribution < -0.4 is 11.1 Å². The number of morpholine rings is 1. The topological polar surface area (TPSA) is 76.3 Å². The second-order valence-electron chi connectivity index (χ2n) is 5.27. The minimum absolute atomic E-state index is 0.187. The number of hydrogen-bond donors (Lipinski definition) is 2. The van der Waals surface area contributed by atoms with Crippen molar-refractivity contribution in [3.63, 3.8) is 0 Å². The van der Waals surface area contributed by atoms with E-state index < -0.39 is 0 Å². The summed E-state index contributed by atoms with van der Waals surface area (Å²) in [6.45, 7) is 8.79. The number of nitrogen functional groups attached to an aromatic ring is 1. The molecule has 112 valence electrons. The van der Waals surface area contributed by atoms with Crippen molar-refractivity contribution in [3.8, 4) is 0 Å². The Hall–Kier alpha value is -1.11. The van der Waals surface area contributed by atoms with Crippen LogP contribution in [0, 0.1) is 5.92 Å². The summed E-state index contributed by atoms with van der Waals surface area (Å²) in [7, 11) is 0. The number of ether oxygens (including phenoxy) is 1. The standard InChI is InChI=1S/C13H22ClN5O/c1-9(2)10(19-3-5-20-6-4-19)8-16-12-7-11(14)17-13(15)18-12/h7,9-10H,3-6,8H2,1-2H3,(H3,15,16,17,18)/t10-/m0/s1. The lowest BCUT2D eigenvalue weighted by Crippen LogP contribution is -2.49. The highest BCUT2D eigenvalue weighted by Gasteiger charge is 2.23. The van der Waals surface area contributed by atoms with Gasteiger partial charge in [-0.25, -0.2) is 4.98 Å². The number of hydrogen-bond acceptors (Lipinski definition) is 6. The molecule has 0 unspecified atom stereocenters. The van der Waals surface area contributed by atoms with E-state index in [9.17, 15) is 0 Å². The van der Waals surface area contributed by atoms with Crippen molar-refractivity contribution in [3.05, 3.63) is 11.2 Å². The zero-order valence-corrected chi connectivity index (χ0v) is 12.7. The molecule has 1 aliphatic heterocycles. The SMILES string of the molecule is CC(C)[C@H](CNc1cc(Cl)nc(N)n1)N1CCOCC1. The Morgan fingerprint density at radius 2 is 2.10 bits per heavy atom. The largest absolute Gasteiger partial charge is 0.379 e.